The molecule has 0 saturated heterocycles. The third-order valence-electron chi connectivity index (χ3n) is 5.64. The minimum atomic E-state index is -4.48. The number of aromatic amines is 1. The molecule has 1 aliphatic carbocycles. The first-order valence-electron chi connectivity index (χ1n) is 9.39. The van der Waals surface area contributed by atoms with Crippen molar-refractivity contribution in [2.75, 3.05) is 0 Å². The van der Waals surface area contributed by atoms with Crippen LogP contribution in [0.25, 0.3) is 10.9 Å². The normalized spacial score (nSPS) is 18.4. The molecule has 4 aromatic rings. The molecule has 5 rings (SSSR count). The Morgan fingerprint density at radius 1 is 1.17 bits per heavy atom. The van der Waals surface area contributed by atoms with Gasteiger partial charge in [0.2, 0.25) is 15.7 Å². The van der Waals surface area contributed by atoms with Crippen LogP contribution < -0.4 is 0 Å². The molecule has 0 aliphatic heterocycles. The van der Waals surface area contributed by atoms with E-state index in [4.69, 9.17) is 16.0 Å². The molecule has 30 heavy (non-hydrogen) atoms. The van der Waals surface area contributed by atoms with Gasteiger partial charge in [0.1, 0.15) is 0 Å². The van der Waals surface area contributed by atoms with Crippen LogP contribution in [0.3, 0.4) is 0 Å². The predicted molar refractivity (Wildman–Crippen MR) is 110 cm³/mol. The summed E-state index contributed by atoms with van der Waals surface area (Å²) in [5.74, 6) is -1.38. The fourth-order valence-electron chi connectivity index (χ4n) is 4.23. The van der Waals surface area contributed by atoms with Gasteiger partial charge in [0.15, 0.2) is 0 Å². The van der Waals surface area contributed by atoms with Crippen LogP contribution in [0.1, 0.15) is 23.0 Å². The van der Waals surface area contributed by atoms with Crippen LogP contribution in [0.5, 0.6) is 0 Å². The van der Waals surface area contributed by atoms with Gasteiger partial charge in [0.25, 0.3) is 10.9 Å². The van der Waals surface area contributed by atoms with E-state index >= 15 is 4.39 Å². The van der Waals surface area contributed by atoms with Crippen molar-refractivity contribution < 1.29 is 17.2 Å². The summed E-state index contributed by atoms with van der Waals surface area (Å²) in [4.78, 5) is 3.13. The van der Waals surface area contributed by atoms with Gasteiger partial charge in [-0.2, -0.15) is 0 Å². The number of aryl methyl sites for hydroxylation is 1. The van der Waals surface area contributed by atoms with Crippen molar-refractivity contribution in [1.82, 2.24) is 15.2 Å². The van der Waals surface area contributed by atoms with E-state index in [0.29, 0.717) is 5.02 Å². The lowest BCUT2D eigenvalue weighted by atomic mass is 9.98. The maximum atomic E-state index is 16.8. The zero-order valence-corrected chi connectivity index (χ0v) is 17.5. The minimum absolute atomic E-state index is 0.101. The van der Waals surface area contributed by atoms with E-state index in [-0.39, 0.29) is 23.6 Å². The number of halogens is 2. The molecule has 0 unspecified atom stereocenters. The van der Waals surface area contributed by atoms with Crippen LogP contribution >= 0.6 is 11.6 Å². The molecule has 0 amide bonds. The molecule has 1 N–H and O–H groups in total. The van der Waals surface area contributed by atoms with E-state index < -0.39 is 26.6 Å². The molecule has 2 aromatic carbocycles. The van der Waals surface area contributed by atoms with Gasteiger partial charge in [-0.1, -0.05) is 29.8 Å². The molecule has 154 valence electrons. The number of sulfone groups is 1. The highest BCUT2D eigenvalue weighted by molar-refractivity contribution is 7.92. The van der Waals surface area contributed by atoms with E-state index in [0.717, 1.165) is 22.2 Å². The van der Waals surface area contributed by atoms with Crippen molar-refractivity contribution in [1.29, 1.82) is 0 Å². The van der Waals surface area contributed by atoms with Crippen LogP contribution in [-0.2, 0) is 27.7 Å². The fourth-order valence-corrected chi connectivity index (χ4v) is 6.17. The largest absolute Gasteiger partial charge is 0.421 e. The quantitative estimate of drug-likeness (QED) is 0.498. The Kier molecular flexibility index (Phi) is 4.27. The average molecular weight is 446 g/mol. The van der Waals surface area contributed by atoms with Crippen molar-refractivity contribution >= 4 is 32.3 Å². The van der Waals surface area contributed by atoms with Gasteiger partial charge >= 0.3 is 0 Å². The number of nitrogens with one attached hydrogen (secondary N) is 1. The maximum Gasteiger partial charge on any atom is 0.294 e. The van der Waals surface area contributed by atoms with E-state index in [1.807, 2.05) is 6.07 Å². The summed E-state index contributed by atoms with van der Waals surface area (Å²) in [6.07, 6.45) is 0.380. The van der Waals surface area contributed by atoms with Gasteiger partial charge in [-0.25, -0.2) is 12.8 Å². The zero-order chi connectivity index (χ0) is 21.1. The standard InChI is InChI=1S/C21H17ClFN3O3S/c1-12-25-26-20(29-12)21(23,30(27,28)15-5-3-2-4-6-15)13-9-16-17-11-14(22)7-8-18(17)24-19(16)10-13/h2-8,11,13,24H,9-10H2,1H3/t13-,21+/m1/s1. The second kappa shape index (κ2) is 6.65. The Morgan fingerprint density at radius 2 is 1.93 bits per heavy atom. The molecule has 2 aromatic heterocycles. The number of alkyl halides is 1. The average Bonchev–Trinajstić information content (AvgIpc) is 3.43. The zero-order valence-electron chi connectivity index (χ0n) is 15.9. The number of H-pyrrole nitrogens is 1. The third-order valence-corrected chi connectivity index (χ3v) is 8.06. The highest BCUT2D eigenvalue weighted by atomic mass is 35.5. The van der Waals surface area contributed by atoms with Crippen LogP contribution in [-0.4, -0.2) is 23.6 Å². The number of rotatable bonds is 4. The summed E-state index contributed by atoms with van der Waals surface area (Å²) in [5, 5.41) is 6.01. The van der Waals surface area contributed by atoms with Gasteiger partial charge in [0, 0.05) is 34.5 Å². The van der Waals surface area contributed by atoms with Crippen molar-refractivity contribution in [3.63, 3.8) is 0 Å². The summed E-state index contributed by atoms with van der Waals surface area (Å²) in [7, 11) is -4.48. The number of hydrogen-bond acceptors (Lipinski definition) is 5. The second-order valence-corrected chi connectivity index (χ2v) is 9.97. The molecule has 0 fully saturated rings. The molecule has 0 spiro atoms. The number of benzene rings is 2. The molecular weight excluding hydrogens is 429 g/mol. The van der Waals surface area contributed by atoms with E-state index in [9.17, 15) is 8.42 Å². The van der Waals surface area contributed by atoms with E-state index in [1.54, 1.807) is 30.3 Å². The minimum Gasteiger partial charge on any atom is -0.421 e. The molecule has 6 nitrogen and oxygen atoms in total. The first-order valence-corrected chi connectivity index (χ1v) is 11.2. The van der Waals surface area contributed by atoms with Crippen LogP contribution in [0.15, 0.2) is 57.8 Å². The molecule has 0 saturated carbocycles. The monoisotopic (exact) mass is 445 g/mol. The van der Waals surface area contributed by atoms with Crippen molar-refractivity contribution in [3.05, 3.63) is 76.6 Å². The summed E-state index contributed by atoms with van der Waals surface area (Å²) < 4.78 is 49.2. The van der Waals surface area contributed by atoms with Gasteiger partial charge in [0.05, 0.1) is 4.90 Å². The Hall–Kier alpha value is -2.71. The summed E-state index contributed by atoms with van der Waals surface area (Å²) in [6.45, 7) is 1.50. The lowest BCUT2D eigenvalue weighted by molar-refractivity contribution is 0.137. The topological polar surface area (TPSA) is 88.9 Å². The molecule has 2 heterocycles. The van der Waals surface area contributed by atoms with Crippen molar-refractivity contribution in [2.45, 2.75) is 29.7 Å². The Bertz CT molecular complexity index is 1370. The van der Waals surface area contributed by atoms with E-state index in [1.165, 1.54) is 19.1 Å². The molecule has 9 heteroatoms. The summed E-state index contributed by atoms with van der Waals surface area (Å²) in [5.41, 5.74) is 2.53. The highest BCUT2D eigenvalue weighted by Crippen LogP contribution is 2.49. The number of hydrogen-bond donors (Lipinski definition) is 1. The molecule has 1 aliphatic rings. The predicted octanol–water partition coefficient (Wildman–Crippen LogP) is 4.52. The Morgan fingerprint density at radius 3 is 2.63 bits per heavy atom. The lowest BCUT2D eigenvalue weighted by Gasteiger charge is -2.28. The van der Waals surface area contributed by atoms with Crippen LogP contribution in [0, 0.1) is 12.8 Å². The van der Waals surface area contributed by atoms with Gasteiger partial charge in [-0.05, 0) is 48.7 Å². The van der Waals surface area contributed by atoms with Gasteiger partial charge < -0.3 is 9.40 Å². The third kappa shape index (κ3) is 2.70. The Labute approximate surface area is 177 Å². The number of nitrogens with zero attached hydrogens (tertiary/aromatic N) is 2. The van der Waals surface area contributed by atoms with Crippen LogP contribution in [0.4, 0.5) is 4.39 Å². The number of fused-ring (bicyclic) bond motifs is 3. The van der Waals surface area contributed by atoms with Crippen LogP contribution in [0.2, 0.25) is 5.02 Å². The summed E-state index contributed by atoms with van der Waals surface area (Å²) in [6, 6.07) is 13.0. The second-order valence-electron chi connectivity index (χ2n) is 7.46. The maximum absolute atomic E-state index is 16.8. The lowest BCUT2D eigenvalue weighted by Crippen LogP contribution is -2.40. The first-order chi connectivity index (χ1) is 14.3. The molecule has 2 atom stereocenters. The Balaban J connectivity index is 1.65. The molecule has 0 bridgehead atoms. The highest BCUT2D eigenvalue weighted by Gasteiger charge is 2.59. The van der Waals surface area contributed by atoms with Crippen molar-refractivity contribution in [3.8, 4) is 0 Å². The smallest absolute Gasteiger partial charge is 0.294 e. The molecular formula is C21H17ClFN3O3S. The van der Waals surface area contributed by atoms with E-state index in [2.05, 4.69) is 15.2 Å². The molecule has 0 radical (unpaired) electrons. The summed E-state index contributed by atoms with van der Waals surface area (Å²) >= 11 is 6.14. The van der Waals surface area contributed by atoms with Gasteiger partial charge in [-0.15, -0.1) is 10.2 Å². The first kappa shape index (κ1) is 19.3. The SMILES string of the molecule is Cc1nnc([C@](F)([C@H]2Cc3[nH]c4ccc(Cl)cc4c3C2)S(=O)(=O)c2ccccc2)o1. The number of aromatic nitrogens is 3. The van der Waals surface area contributed by atoms with Gasteiger partial charge in [-0.3, -0.25) is 0 Å². The van der Waals surface area contributed by atoms with Crippen molar-refractivity contribution in [2.24, 2.45) is 5.92 Å². The fraction of sp³-hybridized carbons (Fsp3) is 0.238.